The van der Waals surface area contributed by atoms with E-state index in [0.717, 1.165) is 39.1 Å². The topological polar surface area (TPSA) is 39.0 Å². The number of rotatable bonds is 5. The highest BCUT2D eigenvalue weighted by Crippen LogP contribution is 2.32. The number of ether oxygens (including phenoxy) is 1. The Morgan fingerprint density at radius 3 is 2.78 bits per heavy atom. The standard InChI is InChI=1S/C13H13Br2NO2/c1-17-13-9(5-10(14)6-12(13)15)7-16-8-11-3-2-4-18-11/h2-6,16H,7-8H2,1H3/p+1. The number of halogens is 2. The minimum absolute atomic E-state index is 0.820. The Bertz CT molecular complexity index is 512. The third kappa shape index (κ3) is 3.37. The van der Waals surface area contributed by atoms with Crippen molar-refractivity contribution in [2.45, 2.75) is 13.1 Å². The summed E-state index contributed by atoms with van der Waals surface area (Å²) in [6.45, 7) is 1.65. The van der Waals surface area contributed by atoms with Crippen LogP contribution in [0.15, 0.2) is 43.9 Å². The second kappa shape index (κ2) is 6.41. The lowest BCUT2D eigenvalue weighted by Gasteiger charge is -2.10. The first-order valence-corrected chi connectivity index (χ1v) is 7.15. The molecule has 5 heteroatoms. The van der Waals surface area contributed by atoms with E-state index in [4.69, 9.17) is 9.15 Å². The van der Waals surface area contributed by atoms with Gasteiger partial charge in [-0.05, 0) is 40.2 Å². The lowest BCUT2D eigenvalue weighted by atomic mass is 10.2. The van der Waals surface area contributed by atoms with E-state index >= 15 is 0 Å². The van der Waals surface area contributed by atoms with Crippen molar-refractivity contribution < 1.29 is 14.5 Å². The highest BCUT2D eigenvalue weighted by Gasteiger charge is 2.11. The summed E-state index contributed by atoms with van der Waals surface area (Å²) in [5.74, 6) is 1.86. The Balaban J connectivity index is 2.04. The fraction of sp³-hybridized carbons (Fsp3) is 0.231. The summed E-state index contributed by atoms with van der Waals surface area (Å²) in [5, 5.41) is 2.18. The molecule has 2 N–H and O–H groups in total. The highest BCUT2D eigenvalue weighted by molar-refractivity contribution is 9.11. The van der Waals surface area contributed by atoms with Crippen LogP contribution in [0.2, 0.25) is 0 Å². The molecule has 0 aliphatic heterocycles. The van der Waals surface area contributed by atoms with Crippen LogP contribution in [-0.4, -0.2) is 7.11 Å². The van der Waals surface area contributed by atoms with Crippen LogP contribution in [0.25, 0.3) is 0 Å². The number of hydrogen-bond acceptors (Lipinski definition) is 2. The molecule has 1 heterocycles. The van der Waals surface area contributed by atoms with Gasteiger partial charge in [0.05, 0.1) is 23.4 Å². The first-order chi connectivity index (χ1) is 8.70. The van der Waals surface area contributed by atoms with Crippen LogP contribution in [0.5, 0.6) is 5.75 Å². The van der Waals surface area contributed by atoms with Gasteiger partial charge >= 0.3 is 0 Å². The van der Waals surface area contributed by atoms with Crippen molar-refractivity contribution in [3.63, 3.8) is 0 Å². The summed E-state index contributed by atoms with van der Waals surface area (Å²) in [4.78, 5) is 0. The number of quaternary nitrogens is 1. The van der Waals surface area contributed by atoms with Gasteiger partial charge in [-0.1, -0.05) is 15.9 Å². The van der Waals surface area contributed by atoms with Crippen LogP contribution in [0.1, 0.15) is 11.3 Å². The first kappa shape index (κ1) is 13.6. The molecule has 1 aromatic carbocycles. The molecule has 0 atom stereocenters. The smallest absolute Gasteiger partial charge is 0.157 e. The van der Waals surface area contributed by atoms with Crippen LogP contribution in [0, 0.1) is 0 Å². The monoisotopic (exact) mass is 374 g/mol. The van der Waals surface area contributed by atoms with E-state index in [1.54, 1.807) is 13.4 Å². The van der Waals surface area contributed by atoms with E-state index in [0.29, 0.717) is 0 Å². The molecule has 1 aromatic heterocycles. The summed E-state index contributed by atoms with van der Waals surface area (Å²) < 4.78 is 12.7. The number of nitrogens with two attached hydrogens (primary N) is 1. The SMILES string of the molecule is COc1c(Br)cc(Br)cc1C[NH2+]Cc1ccco1. The number of furan rings is 1. The van der Waals surface area contributed by atoms with E-state index < -0.39 is 0 Å². The Morgan fingerprint density at radius 1 is 1.28 bits per heavy atom. The number of methoxy groups -OCH3 is 1. The molecule has 0 aliphatic rings. The molecule has 0 unspecified atom stereocenters. The molecular weight excluding hydrogens is 362 g/mol. The Labute approximate surface area is 123 Å². The van der Waals surface area contributed by atoms with Gasteiger partial charge in [-0.2, -0.15) is 0 Å². The van der Waals surface area contributed by atoms with Crippen molar-refractivity contribution in [3.05, 3.63) is 50.8 Å². The van der Waals surface area contributed by atoms with Crippen molar-refractivity contribution >= 4 is 31.9 Å². The molecule has 0 radical (unpaired) electrons. The molecule has 96 valence electrons. The minimum Gasteiger partial charge on any atom is -0.495 e. The summed E-state index contributed by atoms with van der Waals surface area (Å²) >= 11 is 6.99. The van der Waals surface area contributed by atoms with Crippen molar-refractivity contribution in [1.29, 1.82) is 0 Å². The fourth-order valence-electron chi connectivity index (χ4n) is 1.79. The Morgan fingerprint density at radius 2 is 2.11 bits per heavy atom. The van der Waals surface area contributed by atoms with E-state index in [9.17, 15) is 0 Å². The second-order valence-corrected chi connectivity index (χ2v) is 5.63. The van der Waals surface area contributed by atoms with Gasteiger partial charge in [0, 0.05) is 4.47 Å². The lowest BCUT2D eigenvalue weighted by molar-refractivity contribution is -0.688. The van der Waals surface area contributed by atoms with E-state index in [2.05, 4.69) is 43.2 Å². The third-order valence-electron chi connectivity index (χ3n) is 2.58. The fourth-order valence-corrected chi connectivity index (χ4v) is 3.27. The van der Waals surface area contributed by atoms with Gasteiger partial charge in [-0.25, -0.2) is 0 Å². The van der Waals surface area contributed by atoms with Crippen LogP contribution in [0.4, 0.5) is 0 Å². The molecule has 3 nitrogen and oxygen atoms in total. The molecule has 0 amide bonds. The van der Waals surface area contributed by atoms with Gasteiger partial charge in [-0.3, -0.25) is 0 Å². The van der Waals surface area contributed by atoms with Gasteiger partial charge in [0.15, 0.2) is 5.76 Å². The molecule has 0 fully saturated rings. The molecule has 2 rings (SSSR count). The van der Waals surface area contributed by atoms with Crippen LogP contribution in [-0.2, 0) is 13.1 Å². The molecule has 2 aromatic rings. The Kier molecular flexibility index (Phi) is 4.86. The zero-order chi connectivity index (χ0) is 13.0. The average Bonchev–Trinajstić information content (AvgIpc) is 2.81. The summed E-state index contributed by atoms with van der Waals surface area (Å²) in [5.41, 5.74) is 1.14. The highest BCUT2D eigenvalue weighted by atomic mass is 79.9. The number of benzene rings is 1. The quantitative estimate of drug-likeness (QED) is 0.872. The maximum Gasteiger partial charge on any atom is 0.157 e. The maximum absolute atomic E-state index is 5.41. The predicted octanol–water partition coefficient (Wildman–Crippen LogP) is 3.08. The summed E-state index contributed by atoms with van der Waals surface area (Å²) in [6, 6.07) is 7.93. The van der Waals surface area contributed by atoms with E-state index in [1.807, 2.05) is 18.2 Å². The molecule has 18 heavy (non-hydrogen) atoms. The van der Waals surface area contributed by atoms with Crippen molar-refractivity contribution in [1.82, 2.24) is 0 Å². The van der Waals surface area contributed by atoms with Gasteiger partial charge in [0.2, 0.25) is 0 Å². The van der Waals surface area contributed by atoms with Crippen molar-refractivity contribution in [2.24, 2.45) is 0 Å². The molecule has 0 saturated carbocycles. The lowest BCUT2D eigenvalue weighted by Crippen LogP contribution is -2.80. The van der Waals surface area contributed by atoms with E-state index in [-0.39, 0.29) is 0 Å². The molecule has 0 spiro atoms. The predicted molar refractivity (Wildman–Crippen MR) is 76.4 cm³/mol. The molecule has 0 saturated heterocycles. The van der Waals surface area contributed by atoms with Crippen molar-refractivity contribution in [2.75, 3.05) is 7.11 Å². The molecule has 0 aliphatic carbocycles. The Hall–Kier alpha value is -0.780. The molecule has 0 bridgehead atoms. The number of hydrogen-bond donors (Lipinski definition) is 1. The second-order valence-electron chi connectivity index (χ2n) is 3.86. The zero-order valence-electron chi connectivity index (χ0n) is 9.95. The third-order valence-corrected chi connectivity index (χ3v) is 3.63. The van der Waals surface area contributed by atoms with Gasteiger partial charge in [0.25, 0.3) is 0 Å². The van der Waals surface area contributed by atoms with Crippen molar-refractivity contribution in [3.8, 4) is 5.75 Å². The summed E-state index contributed by atoms with van der Waals surface area (Å²) in [6.07, 6.45) is 1.69. The molecular formula is C13H14Br2NO2+. The maximum atomic E-state index is 5.41. The van der Waals surface area contributed by atoms with Gasteiger partial charge in [0.1, 0.15) is 18.8 Å². The summed E-state index contributed by atoms with van der Waals surface area (Å²) in [7, 11) is 1.68. The normalized spacial score (nSPS) is 10.6. The van der Waals surface area contributed by atoms with Gasteiger partial charge < -0.3 is 14.5 Å². The van der Waals surface area contributed by atoms with Crippen LogP contribution >= 0.6 is 31.9 Å². The van der Waals surface area contributed by atoms with E-state index in [1.165, 1.54) is 0 Å². The minimum atomic E-state index is 0.820. The first-order valence-electron chi connectivity index (χ1n) is 5.56. The van der Waals surface area contributed by atoms with Gasteiger partial charge in [-0.15, -0.1) is 0 Å². The van der Waals surface area contributed by atoms with Crippen LogP contribution < -0.4 is 10.1 Å². The largest absolute Gasteiger partial charge is 0.495 e. The van der Waals surface area contributed by atoms with Crippen LogP contribution in [0.3, 0.4) is 0 Å². The average molecular weight is 376 g/mol. The zero-order valence-corrected chi connectivity index (χ0v) is 13.1.